The lowest BCUT2D eigenvalue weighted by molar-refractivity contribution is -0.118. The second-order valence-electron chi connectivity index (χ2n) is 5.71. The summed E-state index contributed by atoms with van der Waals surface area (Å²) in [4.78, 5) is 23.1. The van der Waals surface area contributed by atoms with E-state index in [2.05, 4.69) is 22.8 Å². The Morgan fingerprint density at radius 2 is 1.95 bits per heavy atom. The summed E-state index contributed by atoms with van der Waals surface area (Å²) in [5.41, 5.74) is 3.53. The van der Waals surface area contributed by atoms with Gasteiger partial charge in [0.25, 0.3) is 0 Å². The van der Waals surface area contributed by atoms with Crippen molar-refractivity contribution in [2.75, 3.05) is 13.1 Å². The first-order valence-corrected chi connectivity index (χ1v) is 7.72. The standard InChI is InChI=1S/C17H24N2O2/c1-12(18-9-4-10-19-13(2)20)17(21)16-8-7-14-5-3-6-15(14)11-16/h7-8,11-12,18H,3-6,9-10H2,1-2H3,(H,19,20). The molecule has 1 atom stereocenters. The number of benzene rings is 1. The fourth-order valence-corrected chi connectivity index (χ4v) is 2.74. The third-order valence-corrected chi connectivity index (χ3v) is 3.95. The van der Waals surface area contributed by atoms with Gasteiger partial charge in [0.2, 0.25) is 5.91 Å². The van der Waals surface area contributed by atoms with Crippen LogP contribution in [-0.4, -0.2) is 30.8 Å². The Morgan fingerprint density at radius 1 is 1.19 bits per heavy atom. The number of hydrogen-bond acceptors (Lipinski definition) is 3. The Morgan fingerprint density at radius 3 is 2.71 bits per heavy atom. The minimum Gasteiger partial charge on any atom is -0.356 e. The van der Waals surface area contributed by atoms with Gasteiger partial charge in [-0.3, -0.25) is 9.59 Å². The summed E-state index contributed by atoms with van der Waals surface area (Å²) in [6.45, 7) is 4.77. The molecule has 1 aromatic rings. The van der Waals surface area contributed by atoms with Crippen LogP contribution in [0.15, 0.2) is 18.2 Å². The summed E-state index contributed by atoms with van der Waals surface area (Å²) in [6.07, 6.45) is 4.25. The van der Waals surface area contributed by atoms with Crippen molar-refractivity contribution in [3.05, 3.63) is 34.9 Å². The Hall–Kier alpha value is -1.68. The molecule has 1 aliphatic rings. The molecule has 1 amide bonds. The zero-order valence-corrected chi connectivity index (χ0v) is 12.9. The van der Waals surface area contributed by atoms with Gasteiger partial charge in [0.15, 0.2) is 5.78 Å². The zero-order chi connectivity index (χ0) is 15.2. The molecule has 4 heteroatoms. The number of ketones is 1. The van der Waals surface area contributed by atoms with Gasteiger partial charge in [-0.1, -0.05) is 12.1 Å². The minimum absolute atomic E-state index is 0.0164. The van der Waals surface area contributed by atoms with E-state index < -0.39 is 0 Å². The van der Waals surface area contributed by atoms with Gasteiger partial charge in [-0.15, -0.1) is 0 Å². The van der Waals surface area contributed by atoms with Gasteiger partial charge >= 0.3 is 0 Å². The van der Waals surface area contributed by atoms with Crippen molar-refractivity contribution in [1.29, 1.82) is 0 Å². The van der Waals surface area contributed by atoms with Gasteiger partial charge < -0.3 is 10.6 Å². The van der Waals surface area contributed by atoms with Crippen molar-refractivity contribution in [3.8, 4) is 0 Å². The lowest BCUT2D eigenvalue weighted by atomic mass is 10.0. The number of nitrogens with one attached hydrogen (secondary N) is 2. The lowest BCUT2D eigenvalue weighted by Gasteiger charge is -2.13. The third-order valence-electron chi connectivity index (χ3n) is 3.95. The van der Waals surface area contributed by atoms with Gasteiger partial charge in [-0.25, -0.2) is 0 Å². The predicted octanol–water partition coefficient (Wildman–Crippen LogP) is 1.86. The van der Waals surface area contributed by atoms with Crippen LogP contribution in [0, 0.1) is 0 Å². The van der Waals surface area contributed by atoms with Crippen molar-refractivity contribution >= 4 is 11.7 Å². The van der Waals surface area contributed by atoms with Crippen molar-refractivity contribution in [1.82, 2.24) is 10.6 Å². The van der Waals surface area contributed by atoms with Crippen LogP contribution in [-0.2, 0) is 17.6 Å². The van der Waals surface area contributed by atoms with E-state index >= 15 is 0 Å². The van der Waals surface area contributed by atoms with E-state index in [1.54, 1.807) is 0 Å². The summed E-state index contributed by atoms with van der Waals surface area (Å²) in [5.74, 6) is 0.126. The molecule has 0 bridgehead atoms. The molecular weight excluding hydrogens is 264 g/mol. The Kier molecular flexibility index (Phi) is 5.51. The molecule has 0 heterocycles. The summed E-state index contributed by atoms with van der Waals surface area (Å²) in [5, 5.41) is 5.97. The first kappa shape index (κ1) is 15.7. The normalized spacial score (nSPS) is 14.6. The molecule has 0 aliphatic heterocycles. The van der Waals surface area contributed by atoms with Crippen molar-refractivity contribution in [2.24, 2.45) is 0 Å². The van der Waals surface area contributed by atoms with E-state index in [1.807, 2.05) is 13.0 Å². The quantitative estimate of drug-likeness (QED) is 0.595. The fourth-order valence-electron chi connectivity index (χ4n) is 2.74. The highest BCUT2D eigenvalue weighted by Crippen LogP contribution is 2.23. The number of carbonyl (C=O) groups excluding carboxylic acids is 2. The highest BCUT2D eigenvalue weighted by molar-refractivity contribution is 6.00. The lowest BCUT2D eigenvalue weighted by Crippen LogP contribution is -2.36. The molecule has 1 aromatic carbocycles. The second-order valence-corrected chi connectivity index (χ2v) is 5.71. The SMILES string of the molecule is CC(=O)NCCCNC(C)C(=O)c1ccc2c(c1)CCC2. The molecule has 21 heavy (non-hydrogen) atoms. The van der Waals surface area contributed by atoms with Crippen LogP contribution in [0.25, 0.3) is 0 Å². The minimum atomic E-state index is -0.193. The maximum atomic E-state index is 12.4. The van der Waals surface area contributed by atoms with Crippen LogP contribution in [0.3, 0.4) is 0 Å². The molecule has 1 aliphatic carbocycles. The predicted molar refractivity (Wildman–Crippen MR) is 83.6 cm³/mol. The molecule has 0 saturated carbocycles. The van der Waals surface area contributed by atoms with E-state index in [-0.39, 0.29) is 17.7 Å². The first-order chi connectivity index (χ1) is 10.1. The van der Waals surface area contributed by atoms with Crippen LogP contribution in [0.2, 0.25) is 0 Å². The Balaban J connectivity index is 1.81. The molecule has 0 radical (unpaired) electrons. The molecule has 0 aromatic heterocycles. The number of hydrogen-bond donors (Lipinski definition) is 2. The molecule has 0 saturated heterocycles. The van der Waals surface area contributed by atoms with E-state index in [0.29, 0.717) is 6.54 Å². The average Bonchev–Trinajstić information content (AvgIpc) is 2.92. The van der Waals surface area contributed by atoms with Crippen LogP contribution < -0.4 is 10.6 Å². The van der Waals surface area contributed by atoms with Gasteiger partial charge in [-0.05, 0) is 56.3 Å². The number of amides is 1. The van der Waals surface area contributed by atoms with E-state index in [0.717, 1.165) is 31.4 Å². The molecule has 2 N–H and O–H groups in total. The van der Waals surface area contributed by atoms with Crippen molar-refractivity contribution in [3.63, 3.8) is 0 Å². The number of carbonyl (C=O) groups is 2. The smallest absolute Gasteiger partial charge is 0.216 e. The largest absolute Gasteiger partial charge is 0.356 e. The average molecular weight is 288 g/mol. The van der Waals surface area contributed by atoms with Crippen LogP contribution in [0.1, 0.15) is 48.2 Å². The van der Waals surface area contributed by atoms with Crippen molar-refractivity contribution in [2.45, 2.75) is 45.6 Å². The summed E-state index contributed by atoms with van der Waals surface area (Å²) in [7, 11) is 0. The fraction of sp³-hybridized carbons (Fsp3) is 0.529. The van der Waals surface area contributed by atoms with Crippen molar-refractivity contribution < 1.29 is 9.59 Å². The molecule has 0 fully saturated rings. The second kappa shape index (κ2) is 7.36. The van der Waals surface area contributed by atoms with Crippen LogP contribution >= 0.6 is 0 Å². The molecule has 114 valence electrons. The van der Waals surface area contributed by atoms with Crippen LogP contribution in [0.5, 0.6) is 0 Å². The highest BCUT2D eigenvalue weighted by Gasteiger charge is 2.17. The maximum absolute atomic E-state index is 12.4. The Bertz CT molecular complexity index is 526. The van der Waals surface area contributed by atoms with E-state index in [9.17, 15) is 9.59 Å². The summed E-state index contributed by atoms with van der Waals surface area (Å²) < 4.78 is 0. The van der Waals surface area contributed by atoms with E-state index in [4.69, 9.17) is 0 Å². The summed E-state index contributed by atoms with van der Waals surface area (Å²) >= 11 is 0. The maximum Gasteiger partial charge on any atom is 0.216 e. The van der Waals surface area contributed by atoms with Gasteiger partial charge in [0.1, 0.15) is 0 Å². The summed E-state index contributed by atoms with van der Waals surface area (Å²) in [6, 6.07) is 5.91. The topological polar surface area (TPSA) is 58.2 Å². The third kappa shape index (κ3) is 4.39. The number of aryl methyl sites for hydroxylation is 2. The monoisotopic (exact) mass is 288 g/mol. The molecule has 4 nitrogen and oxygen atoms in total. The molecule has 1 unspecified atom stereocenters. The number of fused-ring (bicyclic) bond motifs is 1. The number of Topliss-reactive ketones (excluding diaryl/α,β-unsaturated/α-hetero) is 1. The molecule has 0 spiro atoms. The van der Waals surface area contributed by atoms with Gasteiger partial charge in [-0.2, -0.15) is 0 Å². The van der Waals surface area contributed by atoms with Crippen LogP contribution in [0.4, 0.5) is 0 Å². The van der Waals surface area contributed by atoms with Gasteiger partial charge in [0.05, 0.1) is 6.04 Å². The van der Waals surface area contributed by atoms with Gasteiger partial charge in [0, 0.05) is 19.0 Å². The van der Waals surface area contributed by atoms with E-state index in [1.165, 1.54) is 24.5 Å². The molecule has 2 rings (SSSR count). The molecular formula is C17H24N2O2. The highest BCUT2D eigenvalue weighted by atomic mass is 16.1. The Labute approximate surface area is 126 Å². The zero-order valence-electron chi connectivity index (χ0n) is 12.9. The number of rotatable bonds is 7. The first-order valence-electron chi connectivity index (χ1n) is 7.72.